The third kappa shape index (κ3) is 4.17. The first-order chi connectivity index (χ1) is 11.8. The molecule has 0 saturated heterocycles. The van der Waals surface area contributed by atoms with Gasteiger partial charge in [-0.15, -0.1) is 11.3 Å². The fraction of sp³-hybridized carbons (Fsp3) is 0.316. The highest BCUT2D eigenvalue weighted by molar-refractivity contribution is 7.15. The van der Waals surface area contributed by atoms with Crippen LogP contribution in [0.5, 0.6) is 5.75 Å². The molecular formula is C19H23N3OS. The lowest BCUT2D eigenvalue weighted by Crippen LogP contribution is -2.41. The summed E-state index contributed by atoms with van der Waals surface area (Å²) in [5.74, 6) is 1.75. The largest absolute Gasteiger partial charge is 0.497 e. The van der Waals surface area contributed by atoms with Gasteiger partial charge in [0.25, 0.3) is 0 Å². The first kappa shape index (κ1) is 16.6. The first-order valence-corrected chi connectivity index (χ1v) is 8.95. The molecule has 5 heteroatoms. The van der Waals surface area contributed by atoms with Gasteiger partial charge < -0.3 is 15.4 Å². The Morgan fingerprint density at radius 2 is 1.92 bits per heavy atom. The van der Waals surface area contributed by atoms with Crippen LogP contribution in [-0.2, 0) is 6.54 Å². The molecule has 0 fully saturated rings. The fourth-order valence-corrected chi connectivity index (χ4v) is 3.63. The molecule has 2 aromatic rings. The highest BCUT2D eigenvalue weighted by Gasteiger charge is 2.11. The molecule has 1 aromatic heterocycles. The van der Waals surface area contributed by atoms with Gasteiger partial charge in [-0.05, 0) is 54.8 Å². The second kappa shape index (κ2) is 8.02. The van der Waals surface area contributed by atoms with Gasteiger partial charge in [0.15, 0.2) is 5.96 Å². The Hall–Kier alpha value is -2.27. The zero-order valence-corrected chi connectivity index (χ0v) is 14.9. The molecule has 1 aromatic carbocycles. The number of benzene rings is 1. The van der Waals surface area contributed by atoms with E-state index in [2.05, 4.69) is 52.0 Å². The third-order valence-corrected chi connectivity index (χ3v) is 5.17. The van der Waals surface area contributed by atoms with Crippen LogP contribution in [-0.4, -0.2) is 26.2 Å². The van der Waals surface area contributed by atoms with Crippen LogP contribution in [0.15, 0.2) is 53.5 Å². The highest BCUT2D eigenvalue weighted by atomic mass is 32.1. The van der Waals surface area contributed by atoms with Crippen LogP contribution in [0.3, 0.4) is 0 Å². The number of aliphatic imine (C=N–C) groups is 1. The second-order valence-electron chi connectivity index (χ2n) is 5.70. The van der Waals surface area contributed by atoms with Crippen LogP contribution >= 0.6 is 11.3 Å². The van der Waals surface area contributed by atoms with Crippen molar-refractivity contribution in [3.63, 3.8) is 0 Å². The van der Waals surface area contributed by atoms with Crippen LogP contribution < -0.4 is 15.4 Å². The van der Waals surface area contributed by atoms with Gasteiger partial charge in [0, 0.05) is 22.8 Å². The van der Waals surface area contributed by atoms with Gasteiger partial charge in [-0.3, -0.25) is 4.99 Å². The summed E-state index contributed by atoms with van der Waals surface area (Å²) >= 11 is 1.80. The minimum absolute atomic E-state index is 0.467. The molecule has 3 rings (SSSR count). The molecule has 0 radical (unpaired) electrons. The van der Waals surface area contributed by atoms with Gasteiger partial charge in [-0.1, -0.05) is 12.2 Å². The van der Waals surface area contributed by atoms with Gasteiger partial charge >= 0.3 is 0 Å². The third-order valence-electron chi connectivity index (χ3n) is 4.04. The second-order valence-corrected chi connectivity index (χ2v) is 6.87. The van der Waals surface area contributed by atoms with E-state index >= 15 is 0 Å². The fourth-order valence-electron chi connectivity index (χ4n) is 2.68. The lowest BCUT2D eigenvalue weighted by atomic mass is 10.2. The number of hydrogen-bond donors (Lipinski definition) is 2. The van der Waals surface area contributed by atoms with E-state index in [4.69, 9.17) is 4.74 Å². The van der Waals surface area contributed by atoms with E-state index in [9.17, 15) is 0 Å². The van der Waals surface area contributed by atoms with Crippen molar-refractivity contribution in [1.82, 2.24) is 10.6 Å². The maximum absolute atomic E-state index is 5.21. The Morgan fingerprint density at radius 3 is 2.58 bits per heavy atom. The van der Waals surface area contributed by atoms with Crippen molar-refractivity contribution in [3.8, 4) is 16.2 Å². The summed E-state index contributed by atoms with van der Waals surface area (Å²) in [4.78, 5) is 6.85. The van der Waals surface area contributed by atoms with Crippen LogP contribution in [0, 0.1) is 0 Å². The first-order valence-electron chi connectivity index (χ1n) is 8.14. The summed E-state index contributed by atoms with van der Waals surface area (Å²) in [6.45, 7) is 0.778. The molecule has 0 unspecified atom stereocenters. The molecular weight excluding hydrogens is 318 g/mol. The smallest absolute Gasteiger partial charge is 0.191 e. The van der Waals surface area contributed by atoms with Crippen LogP contribution in [0.2, 0.25) is 0 Å². The summed E-state index contributed by atoms with van der Waals surface area (Å²) in [5.41, 5.74) is 1.21. The molecule has 4 nitrogen and oxygen atoms in total. The normalized spacial score (nSPS) is 14.8. The molecule has 0 saturated carbocycles. The Labute approximate surface area is 147 Å². The summed E-state index contributed by atoms with van der Waals surface area (Å²) in [6, 6.07) is 13.0. The van der Waals surface area contributed by atoms with E-state index < -0.39 is 0 Å². The maximum atomic E-state index is 5.21. The Kier molecular flexibility index (Phi) is 5.54. The van der Waals surface area contributed by atoms with E-state index in [1.165, 1.54) is 15.3 Å². The standard InChI is InChI=1S/C19H23N3OS/c1-20-19(22-15-5-3-4-6-15)21-13-17-11-12-18(24-17)14-7-9-16(23-2)10-8-14/h3-4,7-12,15H,5-6,13H2,1-2H3,(H2,20,21,22). The zero-order valence-electron chi connectivity index (χ0n) is 14.1. The molecule has 0 spiro atoms. The quantitative estimate of drug-likeness (QED) is 0.494. The van der Waals surface area contributed by atoms with Gasteiger partial charge in [0.1, 0.15) is 5.75 Å². The minimum atomic E-state index is 0.467. The van der Waals surface area contributed by atoms with Gasteiger partial charge in [-0.2, -0.15) is 0 Å². The van der Waals surface area contributed by atoms with Gasteiger partial charge in [-0.25, -0.2) is 0 Å². The van der Waals surface area contributed by atoms with E-state index in [0.717, 1.165) is 31.1 Å². The van der Waals surface area contributed by atoms with E-state index in [0.29, 0.717) is 6.04 Å². The van der Waals surface area contributed by atoms with Crippen molar-refractivity contribution < 1.29 is 4.74 Å². The van der Waals surface area contributed by atoms with Crippen molar-refractivity contribution in [2.45, 2.75) is 25.4 Å². The molecule has 1 aliphatic rings. The summed E-state index contributed by atoms with van der Waals surface area (Å²) in [7, 11) is 3.50. The van der Waals surface area contributed by atoms with E-state index in [1.807, 2.05) is 19.2 Å². The number of rotatable bonds is 5. The number of nitrogens with one attached hydrogen (secondary N) is 2. The average Bonchev–Trinajstić information content (AvgIpc) is 3.30. The molecule has 1 aliphatic carbocycles. The molecule has 2 N–H and O–H groups in total. The lowest BCUT2D eigenvalue weighted by molar-refractivity contribution is 0.415. The van der Waals surface area contributed by atoms with Crippen LogP contribution in [0.4, 0.5) is 0 Å². The summed E-state index contributed by atoms with van der Waals surface area (Å²) in [6.07, 6.45) is 6.57. The van der Waals surface area contributed by atoms with Crippen molar-refractivity contribution in [1.29, 1.82) is 0 Å². The van der Waals surface area contributed by atoms with Crippen molar-refractivity contribution in [2.24, 2.45) is 4.99 Å². The summed E-state index contributed by atoms with van der Waals surface area (Å²) in [5, 5.41) is 6.85. The average molecular weight is 341 g/mol. The number of hydrogen-bond acceptors (Lipinski definition) is 3. The van der Waals surface area contributed by atoms with Crippen LogP contribution in [0.1, 0.15) is 17.7 Å². The molecule has 126 valence electrons. The van der Waals surface area contributed by atoms with E-state index in [1.54, 1.807) is 18.4 Å². The van der Waals surface area contributed by atoms with Crippen molar-refractivity contribution in [3.05, 3.63) is 53.4 Å². The topological polar surface area (TPSA) is 45.7 Å². The molecule has 0 aliphatic heterocycles. The monoisotopic (exact) mass is 341 g/mol. The molecule has 24 heavy (non-hydrogen) atoms. The van der Waals surface area contributed by atoms with Crippen LogP contribution in [0.25, 0.3) is 10.4 Å². The predicted molar refractivity (Wildman–Crippen MR) is 102 cm³/mol. The van der Waals surface area contributed by atoms with Crippen molar-refractivity contribution in [2.75, 3.05) is 14.2 Å². The van der Waals surface area contributed by atoms with Gasteiger partial charge in [0.05, 0.1) is 13.7 Å². The number of nitrogens with zero attached hydrogens (tertiary/aromatic N) is 1. The Balaban J connectivity index is 1.56. The van der Waals surface area contributed by atoms with Gasteiger partial charge in [0.2, 0.25) is 0 Å². The number of guanidine groups is 1. The maximum Gasteiger partial charge on any atom is 0.191 e. The number of methoxy groups -OCH3 is 1. The number of ether oxygens (including phenoxy) is 1. The molecule has 0 bridgehead atoms. The highest BCUT2D eigenvalue weighted by Crippen LogP contribution is 2.29. The minimum Gasteiger partial charge on any atom is -0.497 e. The Morgan fingerprint density at radius 1 is 1.17 bits per heavy atom. The lowest BCUT2D eigenvalue weighted by Gasteiger charge is -2.16. The number of thiophene rings is 1. The molecule has 1 heterocycles. The Bertz CT molecular complexity index is 710. The molecule has 0 amide bonds. The zero-order chi connectivity index (χ0) is 16.8. The predicted octanol–water partition coefficient (Wildman–Crippen LogP) is 3.81. The SMILES string of the molecule is CN=C(NCc1ccc(-c2ccc(OC)cc2)s1)NC1CC=CC1. The molecule has 0 atom stereocenters. The summed E-state index contributed by atoms with van der Waals surface area (Å²) < 4.78 is 5.21. The van der Waals surface area contributed by atoms with E-state index in [-0.39, 0.29) is 0 Å². The van der Waals surface area contributed by atoms with Crippen molar-refractivity contribution >= 4 is 17.3 Å².